The van der Waals surface area contributed by atoms with Crippen molar-refractivity contribution in [2.45, 2.75) is 6.92 Å². The second kappa shape index (κ2) is 6.63. The van der Waals surface area contributed by atoms with Gasteiger partial charge in [0.05, 0.1) is 0 Å². The molecule has 0 bridgehead atoms. The molecule has 0 aromatic heterocycles. The lowest BCUT2D eigenvalue weighted by atomic mass is 10.1. The number of carbonyl (C=O) groups is 1. The quantitative estimate of drug-likeness (QED) is 0.351. The first kappa shape index (κ1) is 16.5. The van der Waals surface area contributed by atoms with Crippen molar-refractivity contribution < 1.29 is 9.53 Å². The predicted octanol–water partition coefficient (Wildman–Crippen LogP) is 5.25. The summed E-state index contributed by atoms with van der Waals surface area (Å²) in [6.07, 6.45) is 1.59. The van der Waals surface area contributed by atoms with Crippen LogP contribution < -0.4 is 0 Å². The molecule has 1 aliphatic heterocycles. The van der Waals surface area contributed by atoms with Crippen LogP contribution in [0.15, 0.2) is 47.1 Å². The van der Waals surface area contributed by atoms with Crippen molar-refractivity contribution in [2.75, 3.05) is 0 Å². The molecule has 0 amide bonds. The van der Waals surface area contributed by atoms with E-state index in [0.29, 0.717) is 21.5 Å². The van der Waals surface area contributed by atoms with E-state index in [1.807, 2.05) is 25.1 Å². The van der Waals surface area contributed by atoms with Crippen molar-refractivity contribution in [2.24, 2.45) is 4.99 Å². The maximum atomic E-state index is 12.0. The number of hydrogen-bond acceptors (Lipinski definition) is 3. The van der Waals surface area contributed by atoms with Crippen LogP contribution in [0, 0.1) is 10.5 Å². The molecule has 6 heteroatoms. The zero-order chi connectivity index (χ0) is 16.6. The molecule has 3 rings (SSSR count). The molecule has 1 aliphatic rings. The minimum absolute atomic E-state index is 0.209. The zero-order valence-electron chi connectivity index (χ0n) is 11.9. The summed E-state index contributed by atoms with van der Waals surface area (Å²) in [6.45, 7) is 1.99. The number of halogens is 3. The lowest BCUT2D eigenvalue weighted by Crippen LogP contribution is -2.05. The van der Waals surface area contributed by atoms with Crippen LogP contribution in [0.4, 0.5) is 0 Å². The summed E-state index contributed by atoms with van der Waals surface area (Å²) in [7, 11) is 0. The molecule has 0 radical (unpaired) electrons. The Morgan fingerprint density at radius 2 is 1.96 bits per heavy atom. The van der Waals surface area contributed by atoms with E-state index in [0.717, 1.165) is 14.7 Å². The van der Waals surface area contributed by atoms with E-state index in [4.69, 9.17) is 27.9 Å². The average molecular weight is 458 g/mol. The smallest absolute Gasteiger partial charge is 0.363 e. The van der Waals surface area contributed by atoms with Gasteiger partial charge in [-0.1, -0.05) is 29.3 Å². The maximum absolute atomic E-state index is 12.0. The largest absolute Gasteiger partial charge is 0.402 e. The first-order chi connectivity index (χ1) is 10.9. The zero-order valence-corrected chi connectivity index (χ0v) is 15.6. The van der Waals surface area contributed by atoms with Gasteiger partial charge in [0.15, 0.2) is 5.70 Å². The number of ether oxygens (including phenoxy) is 1. The molecule has 0 fully saturated rings. The van der Waals surface area contributed by atoms with E-state index < -0.39 is 5.97 Å². The standard InChI is InChI=1S/C17H10Cl2INO2/c1-9-6-11(3-5-14(9)20)16-21-15(17(22)23-16)7-10-2-4-12(18)8-13(10)19/h2-8H,1H3/b15-7-. The number of cyclic esters (lactones) is 1. The van der Waals surface area contributed by atoms with Crippen LogP contribution in [0.25, 0.3) is 6.08 Å². The highest BCUT2D eigenvalue weighted by atomic mass is 127. The summed E-state index contributed by atoms with van der Waals surface area (Å²) in [5.41, 5.74) is 2.73. The van der Waals surface area contributed by atoms with E-state index in [1.165, 1.54) is 0 Å². The Kier molecular flexibility index (Phi) is 4.75. The van der Waals surface area contributed by atoms with Crippen LogP contribution in [-0.2, 0) is 9.53 Å². The molecule has 116 valence electrons. The van der Waals surface area contributed by atoms with E-state index in [1.54, 1.807) is 24.3 Å². The number of carbonyl (C=O) groups excluding carboxylic acids is 1. The van der Waals surface area contributed by atoms with Gasteiger partial charge in [-0.15, -0.1) is 0 Å². The highest BCUT2D eigenvalue weighted by molar-refractivity contribution is 14.1. The number of esters is 1. The van der Waals surface area contributed by atoms with Gasteiger partial charge in [-0.25, -0.2) is 9.79 Å². The third-order valence-electron chi connectivity index (χ3n) is 3.28. The van der Waals surface area contributed by atoms with Crippen molar-refractivity contribution in [1.82, 2.24) is 0 Å². The fourth-order valence-corrected chi connectivity index (χ4v) is 2.87. The predicted molar refractivity (Wildman–Crippen MR) is 101 cm³/mol. The van der Waals surface area contributed by atoms with Crippen LogP contribution in [0.3, 0.4) is 0 Å². The Hall–Kier alpha value is -1.37. The molecular weight excluding hydrogens is 448 g/mol. The minimum atomic E-state index is -0.498. The molecule has 0 unspecified atom stereocenters. The number of benzene rings is 2. The summed E-state index contributed by atoms with van der Waals surface area (Å²) in [5, 5.41) is 0.983. The SMILES string of the molecule is Cc1cc(C2=N/C(=C\c3ccc(Cl)cc3Cl)C(=O)O2)ccc1I. The highest BCUT2D eigenvalue weighted by Crippen LogP contribution is 2.26. The topological polar surface area (TPSA) is 38.7 Å². The monoisotopic (exact) mass is 457 g/mol. The molecule has 2 aromatic rings. The first-order valence-corrected chi connectivity index (χ1v) is 8.51. The number of nitrogens with zero attached hydrogens (tertiary/aromatic N) is 1. The van der Waals surface area contributed by atoms with Crippen molar-refractivity contribution >= 4 is 63.7 Å². The number of hydrogen-bond donors (Lipinski definition) is 0. The third kappa shape index (κ3) is 3.59. The maximum Gasteiger partial charge on any atom is 0.363 e. The van der Waals surface area contributed by atoms with Gasteiger partial charge in [0.1, 0.15) is 0 Å². The molecule has 0 N–H and O–H groups in total. The summed E-state index contributed by atoms with van der Waals surface area (Å²) >= 11 is 14.2. The van der Waals surface area contributed by atoms with Crippen molar-refractivity contribution in [3.05, 3.63) is 72.4 Å². The van der Waals surface area contributed by atoms with Gasteiger partial charge in [-0.05, 0) is 77.0 Å². The molecule has 1 heterocycles. The van der Waals surface area contributed by atoms with Gasteiger partial charge >= 0.3 is 5.97 Å². The molecule has 3 nitrogen and oxygen atoms in total. The van der Waals surface area contributed by atoms with Crippen molar-refractivity contribution in [1.29, 1.82) is 0 Å². The van der Waals surface area contributed by atoms with Crippen LogP contribution >= 0.6 is 45.8 Å². The summed E-state index contributed by atoms with van der Waals surface area (Å²) in [4.78, 5) is 16.3. The fraction of sp³-hybridized carbons (Fsp3) is 0.0588. The van der Waals surface area contributed by atoms with Gasteiger partial charge in [0.2, 0.25) is 5.90 Å². The molecule has 0 spiro atoms. The van der Waals surface area contributed by atoms with Crippen LogP contribution in [0.2, 0.25) is 10.0 Å². The van der Waals surface area contributed by atoms with E-state index in [2.05, 4.69) is 27.6 Å². The summed E-state index contributed by atoms with van der Waals surface area (Å²) < 4.78 is 6.40. The molecule has 2 aromatic carbocycles. The molecule has 0 atom stereocenters. The molecule has 0 saturated carbocycles. The van der Waals surface area contributed by atoms with Crippen molar-refractivity contribution in [3.63, 3.8) is 0 Å². The Bertz CT molecular complexity index is 875. The van der Waals surface area contributed by atoms with Gasteiger partial charge < -0.3 is 4.74 Å². The second-order valence-electron chi connectivity index (χ2n) is 4.97. The van der Waals surface area contributed by atoms with Gasteiger partial charge in [0, 0.05) is 19.2 Å². The van der Waals surface area contributed by atoms with Crippen molar-refractivity contribution in [3.8, 4) is 0 Å². The molecule has 0 aliphatic carbocycles. The number of rotatable bonds is 2. The highest BCUT2D eigenvalue weighted by Gasteiger charge is 2.24. The lowest BCUT2D eigenvalue weighted by molar-refractivity contribution is -0.129. The molecule has 0 saturated heterocycles. The van der Waals surface area contributed by atoms with Crippen LogP contribution in [0.5, 0.6) is 0 Å². The minimum Gasteiger partial charge on any atom is -0.402 e. The normalized spacial score (nSPS) is 15.7. The first-order valence-electron chi connectivity index (χ1n) is 6.68. The second-order valence-corrected chi connectivity index (χ2v) is 6.97. The Morgan fingerprint density at radius 3 is 2.65 bits per heavy atom. The number of aliphatic imine (C=N–C) groups is 1. The van der Waals surface area contributed by atoms with E-state index >= 15 is 0 Å². The number of aryl methyl sites for hydroxylation is 1. The van der Waals surface area contributed by atoms with Crippen LogP contribution in [-0.4, -0.2) is 11.9 Å². The van der Waals surface area contributed by atoms with Gasteiger partial charge in [-0.2, -0.15) is 0 Å². The lowest BCUT2D eigenvalue weighted by Gasteiger charge is -2.02. The Morgan fingerprint density at radius 1 is 1.17 bits per heavy atom. The van der Waals surface area contributed by atoms with E-state index in [9.17, 15) is 4.79 Å². The Labute approximate surface area is 157 Å². The third-order valence-corrected chi connectivity index (χ3v) is 5.05. The fourth-order valence-electron chi connectivity index (χ4n) is 2.08. The molecule has 23 heavy (non-hydrogen) atoms. The molecular formula is C17H10Cl2INO2. The summed E-state index contributed by atoms with van der Waals surface area (Å²) in [6, 6.07) is 10.8. The van der Waals surface area contributed by atoms with Crippen LogP contribution in [0.1, 0.15) is 16.7 Å². The van der Waals surface area contributed by atoms with Gasteiger partial charge in [0.25, 0.3) is 0 Å². The Balaban J connectivity index is 1.97. The van der Waals surface area contributed by atoms with E-state index in [-0.39, 0.29) is 5.70 Å². The summed E-state index contributed by atoms with van der Waals surface area (Å²) in [5.74, 6) is -0.201. The van der Waals surface area contributed by atoms with Gasteiger partial charge in [-0.3, -0.25) is 0 Å². The average Bonchev–Trinajstić information content (AvgIpc) is 2.86.